The van der Waals surface area contributed by atoms with Gasteiger partial charge in [0.15, 0.2) is 0 Å². The highest BCUT2D eigenvalue weighted by Gasteiger charge is 2.33. The van der Waals surface area contributed by atoms with Crippen molar-refractivity contribution in [2.24, 2.45) is 11.7 Å². The minimum absolute atomic E-state index is 0.00503. The molecule has 1 heterocycles. The van der Waals surface area contributed by atoms with Gasteiger partial charge in [-0.2, -0.15) is 11.8 Å². The van der Waals surface area contributed by atoms with E-state index in [2.05, 4.69) is 31.9 Å². The van der Waals surface area contributed by atoms with Gasteiger partial charge in [0.1, 0.15) is 42.0 Å². The molecule has 0 saturated carbocycles. The Bertz CT molecular complexity index is 1530. The van der Waals surface area contributed by atoms with E-state index in [4.69, 9.17) is 5.73 Å². The fourth-order valence-electron chi connectivity index (χ4n) is 5.22. The van der Waals surface area contributed by atoms with Crippen LogP contribution < -0.4 is 37.6 Å². The Balaban J connectivity index is 1.95. The molecule has 1 fully saturated rings. The van der Waals surface area contributed by atoms with E-state index in [0.29, 0.717) is 12.0 Å². The van der Waals surface area contributed by atoms with Crippen molar-refractivity contribution >= 4 is 47.2 Å². The lowest BCUT2D eigenvalue weighted by molar-refractivity contribution is -0.135. The molecule has 6 amide bonds. The zero-order valence-electron chi connectivity index (χ0n) is 29.3. The van der Waals surface area contributed by atoms with E-state index >= 15 is 0 Å². The van der Waals surface area contributed by atoms with Crippen LogP contribution in [-0.4, -0.2) is 118 Å². The number of hydrogen-bond acceptors (Lipinski definition) is 11. The standard InChI is InChI=1S/C35H49N7O9S/c1-19(2)29(42-31(47)25(36)15-43)35(51)41-28-18-52-17-23(13-21-7-5-4-6-8-21)38-32(48)26(14-22-9-11-24(45)12-10-22)39-33(49)27(16-44)40-30(46)20(3)37-34(28)50/h4-12,19-20,23,25-29,43-45H,13-18,36H2,1-3H3,(H,37,50)(H,38,48)(H,39,49)(H,40,46)(H,41,51)(H,42,47)/t20-,23+,25-,26-,27-,28-,29-/m0/s1. The maximum Gasteiger partial charge on any atom is 0.245 e. The van der Waals surface area contributed by atoms with Gasteiger partial charge in [0.2, 0.25) is 35.4 Å². The summed E-state index contributed by atoms with van der Waals surface area (Å²) < 4.78 is 0. The van der Waals surface area contributed by atoms with Gasteiger partial charge in [-0.15, -0.1) is 0 Å². The van der Waals surface area contributed by atoms with E-state index in [0.717, 1.165) is 5.56 Å². The van der Waals surface area contributed by atoms with Crippen LogP contribution >= 0.6 is 11.8 Å². The highest BCUT2D eigenvalue weighted by Crippen LogP contribution is 2.15. The maximum atomic E-state index is 13.9. The third-order valence-electron chi connectivity index (χ3n) is 8.26. The Labute approximate surface area is 306 Å². The van der Waals surface area contributed by atoms with Crippen LogP contribution in [0, 0.1) is 5.92 Å². The van der Waals surface area contributed by atoms with Gasteiger partial charge in [0.05, 0.1) is 13.2 Å². The number of carbonyl (C=O) groups is 6. The lowest BCUT2D eigenvalue weighted by atomic mass is 10.0. The molecular formula is C35H49N7O9S. The largest absolute Gasteiger partial charge is 0.508 e. The molecule has 1 aliphatic heterocycles. The topological polar surface area (TPSA) is 261 Å². The molecule has 0 unspecified atom stereocenters. The molecule has 284 valence electrons. The van der Waals surface area contributed by atoms with E-state index in [9.17, 15) is 44.1 Å². The minimum atomic E-state index is -1.48. The van der Waals surface area contributed by atoms with Crippen molar-refractivity contribution < 1.29 is 44.1 Å². The predicted octanol–water partition coefficient (Wildman–Crippen LogP) is -2.18. The zero-order valence-corrected chi connectivity index (χ0v) is 30.2. The summed E-state index contributed by atoms with van der Waals surface area (Å²) in [5, 5.41) is 44.8. The molecule has 0 aliphatic carbocycles. The van der Waals surface area contributed by atoms with Crippen molar-refractivity contribution in [3.63, 3.8) is 0 Å². The molecule has 52 heavy (non-hydrogen) atoms. The third-order valence-corrected chi connectivity index (χ3v) is 9.47. The second-order valence-corrected chi connectivity index (χ2v) is 14.0. The van der Waals surface area contributed by atoms with Crippen molar-refractivity contribution in [1.82, 2.24) is 31.9 Å². The van der Waals surface area contributed by atoms with Crippen LogP contribution in [0.25, 0.3) is 0 Å². The average molecular weight is 744 g/mol. The Morgan fingerprint density at radius 1 is 0.808 bits per heavy atom. The molecule has 0 aromatic heterocycles. The van der Waals surface area contributed by atoms with Gasteiger partial charge in [-0.3, -0.25) is 28.8 Å². The molecule has 7 atom stereocenters. The van der Waals surface area contributed by atoms with Crippen molar-refractivity contribution in [3.05, 3.63) is 65.7 Å². The van der Waals surface area contributed by atoms with E-state index in [-0.39, 0.29) is 23.7 Å². The number of hydrogen-bond donors (Lipinski definition) is 10. The van der Waals surface area contributed by atoms with Crippen LogP contribution in [0.4, 0.5) is 0 Å². The predicted molar refractivity (Wildman–Crippen MR) is 194 cm³/mol. The number of nitrogens with one attached hydrogen (secondary N) is 6. The van der Waals surface area contributed by atoms with Crippen molar-refractivity contribution in [2.45, 2.75) is 75.9 Å². The monoisotopic (exact) mass is 743 g/mol. The SMILES string of the molecule is CC(C)[C@H](NC(=O)[C@@H](N)CO)C(=O)N[C@H]1CSC[C@@H](Cc2ccccc2)NC(=O)[C@H](Cc2ccc(O)cc2)NC(=O)[C@H](CO)NC(=O)[C@H](C)NC1=O. The Morgan fingerprint density at radius 3 is 2.04 bits per heavy atom. The maximum absolute atomic E-state index is 13.9. The number of phenolic OH excluding ortho intramolecular Hbond substituents is 1. The Morgan fingerprint density at radius 2 is 1.42 bits per heavy atom. The number of thioether (sulfide) groups is 1. The molecule has 2 aromatic carbocycles. The molecule has 2 aromatic rings. The van der Waals surface area contributed by atoms with Gasteiger partial charge < -0.3 is 53.0 Å². The molecule has 11 N–H and O–H groups in total. The lowest BCUT2D eigenvalue weighted by Gasteiger charge is -2.28. The smallest absolute Gasteiger partial charge is 0.245 e. The van der Waals surface area contributed by atoms with Gasteiger partial charge >= 0.3 is 0 Å². The average Bonchev–Trinajstić information content (AvgIpc) is 3.11. The first-order chi connectivity index (χ1) is 24.7. The molecule has 0 radical (unpaired) electrons. The Hall–Kier alpha value is -4.71. The summed E-state index contributed by atoms with van der Waals surface area (Å²) in [5.41, 5.74) is 7.14. The van der Waals surface area contributed by atoms with Gasteiger partial charge in [-0.05, 0) is 42.5 Å². The first-order valence-electron chi connectivity index (χ1n) is 16.9. The summed E-state index contributed by atoms with van der Waals surface area (Å²) in [7, 11) is 0. The van der Waals surface area contributed by atoms with E-state index in [1.54, 1.807) is 26.0 Å². The van der Waals surface area contributed by atoms with E-state index in [1.165, 1.54) is 30.8 Å². The second kappa shape index (κ2) is 20.4. The number of aliphatic hydroxyl groups is 2. The van der Waals surface area contributed by atoms with Gasteiger partial charge in [-0.25, -0.2) is 0 Å². The van der Waals surface area contributed by atoms with Crippen LogP contribution in [0.5, 0.6) is 5.75 Å². The summed E-state index contributed by atoms with van der Waals surface area (Å²) >= 11 is 1.25. The number of nitrogens with two attached hydrogens (primary N) is 1. The van der Waals surface area contributed by atoms with Crippen molar-refractivity contribution in [1.29, 1.82) is 0 Å². The summed E-state index contributed by atoms with van der Waals surface area (Å²) in [4.78, 5) is 79.8. The molecule has 1 saturated heterocycles. The minimum Gasteiger partial charge on any atom is -0.508 e. The number of carbonyl (C=O) groups excluding carboxylic acids is 6. The molecule has 1 aliphatic rings. The van der Waals surface area contributed by atoms with Crippen LogP contribution in [-0.2, 0) is 41.6 Å². The molecule has 0 bridgehead atoms. The van der Waals surface area contributed by atoms with Gasteiger partial charge in [0.25, 0.3) is 0 Å². The van der Waals surface area contributed by atoms with E-state index < -0.39 is 96.9 Å². The molecule has 16 nitrogen and oxygen atoms in total. The highest BCUT2D eigenvalue weighted by atomic mass is 32.2. The van der Waals surface area contributed by atoms with Gasteiger partial charge in [-0.1, -0.05) is 56.3 Å². The summed E-state index contributed by atoms with van der Waals surface area (Å²) in [6.45, 7) is 3.25. The quantitative estimate of drug-likeness (QED) is 0.118. The van der Waals surface area contributed by atoms with Gasteiger partial charge in [0, 0.05) is 24.0 Å². The number of phenols is 1. The van der Waals surface area contributed by atoms with Crippen LogP contribution in [0.1, 0.15) is 31.9 Å². The van der Waals surface area contributed by atoms with Crippen LogP contribution in [0.2, 0.25) is 0 Å². The summed E-state index contributed by atoms with van der Waals surface area (Å²) in [6, 6.07) is 7.44. The van der Waals surface area contributed by atoms with Crippen LogP contribution in [0.3, 0.4) is 0 Å². The van der Waals surface area contributed by atoms with Crippen LogP contribution in [0.15, 0.2) is 54.6 Å². The van der Waals surface area contributed by atoms with E-state index in [1.807, 2.05) is 30.3 Å². The summed E-state index contributed by atoms with van der Waals surface area (Å²) in [5.74, 6) is -4.59. The fraction of sp³-hybridized carbons (Fsp3) is 0.486. The Kier molecular flexibility index (Phi) is 16.3. The zero-order chi connectivity index (χ0) is 38.4. The van der Waals surface area contributed by atoms with Crippen molar-refractivity contribution in [3.8, 4) is 5.75 Å². The highest BCUT2D eigenvalue weighted by molar-refractivity contribution is 7.99. The first kappa shape index (κ1) is 41.7. The molecular weight excluding hydrogens is 694 g/mol. The lowest BCUT2D eigenvalue weighted by Crippen LogP contribution is -2.61. The second-order valence-electron chi connectivity index (χ2n) is 12.9. The summed E-state index contributed by atoms with van der Waals surface area (Å²) in [6.07, 6.45) is 0.397. The molecule has 0 spiro atoms. The number of amides is 6. The molecule has 3 rings (SSSR count). The number of benzene rings is 2. The first-order valence-corrected chi connectivity index (χ1v) is 18.1. The fourth-order valence-corrected chi connectivity index (χ4v) is 6.31. The normalized spacial score (nSPS) is 23.3. The number of aliphatic hydroxyl groups excluding tert-OH is 2. The third kappa shape index (κ3) is 12.8. The number of aromatic hydroxyl groups is 1. The number of rotatable bonds is 11. The van der Waals surface area contributed by atoms with Crippen molar-refractivity contribution in [2.75, 3.05) is 24.7 Å². The molecule has 17 heteroatoms.